The summed E-state index contributed by atoms with van der Waals surface area (Å²) in [7, 11) is 0. The molecule has 0 aliphatic carbocycles. The van der Waals surface area contributed by atoms with Gasteiger partial charge in [0.25, 0.3) is 0 Å². The van der Waals surface area contributed by atoms with E-state index in [1.165, 1.54) is 31.2 Å². The van der Waals surface area contributed by atoms with Crippen LogP contribution in [0.1, 0.15) is 11.1 Å². The molecule has 0 saturated heterocycles. The third-order valence-corrected chi connectivity index (χ3v) is 2.83. The zero-order valence-corrected chi connectivity index (χ0v) is 11.2. The summed E-state index contributed by atoms with van der Waals surface area (Å²) >= 11 is 5.73. The van der Waals surface area contributed by atoms with E-state index in [0.717, 1.165) is 6.07 Å². The van der Waals surface area contributed by atoms with Gasteiger partial charge in [0, 0.05) is 17.4 Å². The summed E-state index contributed by atoms with van der Waals surface area (Å²) in [6, 6.07) is 6.87. The molecule has 1 aromatic heterocycles. The molecule has 1 heterocycles. The predicted octanol–water partition coefficient (Wildman–Crippen LogP) is 4.39. The topological polar surface area (TPSA) is 50.9 Å². The Morgan fingerprint density at radius 3 is 2.50 bits per heavy atom. The maximum atomic E-state index is 12.8. The number of nitrogens with zero attached hydrogens (tertiary/aromatic N) is 1. The molecular weight excluding hydrogens is 291 g/mol. The molecule has 106 valence electrons. The van der Waals surface area contributed by atoms with E-state index in [4.69, 9.17) is 17.3 Å². The Bertz CT molecular complexity index is 621. The lowest BCUT2D eigenvalue weighted by atomic mass is 10.1. The maximum absolute atomic E-state index is 12.8. The van der Waals surface area contributed by atoms with E-state index in [1.807, 2.05) is 0 Å². The van der Waals surface area contributed by atoms with Gasteiger partial charge >= 0.3 is 6.18 Å². The summed E-state index contributed by atoms with van der Waals surface area (Å²) in [5.74, 6) is 0.284. The number of hydrogen-bond acceptors (Lipinski definition) is 3. The van der Waals surface area contributed by atoms with Crippen molar-refractivity contribution in [2.45, 2.75) is 13.1 Å². The predicted molar refractivity (Wildman–Crippen MR) is 73.1 cm³/mol. The Hall–Kier alpha value is -1.95. The molecule has 1 aromatic carbocycles. The molecule has 0 bridgehead atoms. The SMILES string of the molecule is Cc1ccc(Nc2cc(N)cc(Cl)n2)cc1C(F)(F)F. The molecule has 7 heteroatoms. The van der Waals surface area contributed by atoms with Gasteiger partial charge in [-0.1, -0.05) is 17.7 Å². The van der Waals surface area contributed by atoms with Gasteiger partial charge in [0.2, 0.25) is 0 Å². The van der Waals surface area contributed by atoms with Crippen LogP contribution in [0.25, 0.3) is 0 Å². The second-order valence-corrected chi connectivity index (χ2v) is 4.65. The van der Waals surface area contributed by atoms with Gasteiger partial charge in [0.05, 0.1) is 5.56 Å². The molecule has 0 radical (unpaired) electrons. The largest absolute Gasteiger partial charge is 0.416 e. The van der Waals surface area contributed by atoms with Crippen LogP contribution in [0.4, 0.5) is 30.4 Å². The van der Waals surface area contributed by atoms with Crippen molar-refractivity contribution in [3.05, 3.63) is 46.6 Å². The number of rotatable bonds is 2. The van der Waals surface area contributed by atoms with E-state index < -0.39 is 11.7 Å². The first kappa shape index (κ1) is 14.5. The van der Waals surface area contributed by atoms with Gasteiger partial charge in [-0.15, -0.1) is 0 Å². The Labute approximate surface area is 118 Å². The standard InChI is InChI=1S/C13H11ClF3N3/c1-7-2-3-9(6-10(7)13(15,16)17)19-12-5-8(18)4-11(14)20-12/h2-6H,1H3,(H3,18,19,20). The van der Waals surface area contributed by atoms with Crippen LogP contribution in [0.15, 0.2) is 30.3 Å². The molecule has 0 aliphatic rings. The van der Waals surface area contributed by atoms with Crippen molar-refractivity contribution in [2.75, 3.05) is 11.1 Å². The van der Waals surface area contributed by atoms with Gasteiger partial charge in [-0.2, -0.15) is 13.2 Å². The van der Waals surface area contributed by atoms with Crippen molar-refractivity contribution in [3.63, 3.8) is 0 Å². The van der Waals surface area contributed by atoms with Crippen LogP contribution in [0.3, 0.4) is 0 Å². The van der Waals surface area contributed by atoms with Gasteiger partial charge in [-0.3, -0.25) is 0 Å². The lowest BCUT2D eigenvalue weighted by molar-refractivity contribution is -0.138. The van der Waals surface area contributed by atoms with E-state index >= 15 is 0 Å². The van der Waals surface area contributed by atoms with E-state index in [-0.39, 0.29) is 22.2 Å². The van der Waals surface area contributed by atoms with E-state index in [1.54, 1.807) is 0 Å². The highest BCUT2D eigenvalue weighted by Crippen LogP contribution is 2.34. The van der Waals surface area contributed by atoms with Crippen LogP contribution in [0.5, 0.6) is 0 Å². The molecule has 3 N–H and O–H groups in total. The molecule has 0 unspecified atom stereocenters. The highest BCUT2D eigenvalue weighted by Gasteiger charge is 2.32. The van der Waals surface area contributed by atoms with Crippen molar-refractivity contribution in [1.29, 1.82) is 0 Å². The van der Waals surface area contributed by atoms with Gasteiger partial charge < -0.3 is 11.1 Å². The minimum atomic E-state index is -4.40. The molecule has 0 saturated carbocycles. The smallest absolute Gasteiger partial charge is 0.399 e. The highest BCUT2D eigenvalue weighted by atomic mass is 35.5. The first-order valence-electron chi connectivity index (χ1n) is 5.63. The second kappa shape index (κ2) is 5.20. The van der Waals surface area contributed by atoms with Crippen LogP contribution >= 0.6 is 11.6 Å². The lowest BCUT2D eigenvalue weighted by Gasteiger charge is -2.13. The molecule has 0 spiro atoms. The Morgan fingerprint density at radius 1 is 1.20 bits per heavy atom. The van der Waals surface area contributed by atoms with Gasteiger partial charge in [0.1, 0.15) is 11.0 Å². The summed E-state index contributed by atoms with van der Waals surface area (Å²) in [5, 5.41) is 2.91. The molecule has 3 nitrogen and oxygen atoms in total. The molecule has 2 aromatic rings. The molecule has 0 atom stereocenters. The Kier molecular flexibility index (Phi) is 3.76. The zero-order valence-electron chi connectivity index (χ0n) is 10.4. The molecule has 0 fully saturated rings. The summed E-state index contributed by atoms with van der Waals surface area (Å²) in [6.45, 7) is 1.40. The number of aromatic nitrogens is 1. The second-order valence-electron chi connectivity index (χ2n) is 4.26. The van der Waals surface area contributed by atoms with Crippen molar-refractivity contribution in [1.82, 2.24) is 4.98 Å². The average Bonchev–Trinajstić information content (AvgIpc) is 2.29. The Morgan fingerprint density at radius 2 is 1.90 bits per heavy atom. The van der Waals surface area contributed by atoms with Crippen molar-refractivity contribution < 1.29 is 13.2 Å². The number of nitrogens with two attached hydrogens (primary N) is 1. The summed E-state index contributed by atoms with van der Waals surface area (Å²) in [6.07, 6.45) is -4.40. The van der Waals surface area contributed by atoms with Crippen molar-refractivity contribution >= 4 is 28.8 Å². The number of anilines is 3. The minimum Gasteiger partial charge on any atom is -0.399 e. The number of pyridine rings is 1. The lowest BCUT2D eigenvalue weighted by Crippen LogP contribution is -2.08. The monoisotopic (exact) mass is 301 g/mol. The first-order valence-corrected chi connectivity index (χ1v) is 6.01. The van der Waals surface area contributed by atoms with Crippen LogP contribution in [-0.2, 0) is 6.18 Å². The van der Waals surface area contributed by atoms with Crippen LogP contribution in [0, 0.1) is 6.92 Å². The fraction of sp³-hybridized carbons (Fsp3) is 0.154. The Balaban J connectivity index is 2.35. The molecule has 0 amide bonds. The normalized spacial score (nSPS) is 11.4. The number of nitrogen functional groups attached to an aromatic ring is 1. The van der Waals surface area contributed by atoms with Crippen LogP contribution in [-0.4, -0.2) is 4.98 Å². The van der Waals surface area contributed by atoms with Crippen LogP contribution in [0.2, 0.25) is 5.15 Å². The van der Waals surface area contributed by atoms with E-state index in [0.29, 0.717) is 5.69 Å². The van der Waals surface area contributed by atoms with Crippen molar-refractivity contribution in [3.8, 4) is 0 Å². The van der Waals surface area contributed by atoms with E-state index in [2.05, 4.69) is 10.3 Å². The van der Waals surface area contributed by atoms with Gasteiger partial charge in [-0.05, 0) is 30.7 Å². The first-order chi connectivity index (χ1) is 9.25. The fourth-order valence-electron chi connectivity index (χ4n) is 1.73. The summed E-state index contributed by atoms with van der Waals surface area (Å²) < 4.78 is 38.4. The molecule has 20 heavy (non-hydrogen) atoms. The van der Waals surface area contributed by atoms with Gasteiger partial charge in [0.15, 0.2) is 0 Å². The molecule has 0 aliphatic heterocycles. The minimum absolute atomic E-state index is 0.154. The quantitative estimate of drug-likeness (QED) is 0.809. The van der Waals surface area contributed by atoms with Crippen LogP contribution < -0.4 is 11.1 Å². The number of alkyl halides is 3. The zero-order chi connectivity index (χ0) is 14.9. The number of benzene rings is 1. The van der Waals surface area contributed by atoms with Crippen molar-refractivity contribution in [2.24, 2.45) is 0 Å². The molecular formula is C13H11ClF3N3. The number of aryl methyl sites for hydroxylation is 1. The fourth-order valence-corrected chi connectivity index (χ4v) is 1.95. The highest BCUT2D eigenvalue weighted by molar-refractivity contribution is 6.29. The summed E-state index contributed by atoms with van der Waals surface area (Å²) in [4.78, 5) is 3.94. The molecule has 2 rings (SSSR count). The third kappa shape index (κ3) is 3.33. The number of hydrogen-bond donors (Lipinski definition) is 2. The number of nitrogens with one attached hydrogen (secondary N) is 1. The third-order valence-electron chi connectivity index (χ3n) is 2.63. The average molecular weight is 302 g/mol. The maximum Gasteiger partial charge on any atom is 0.416 e. The number of halogens is 4. The van der Waals surface area contributed by atoms with Gasteiger partial charge in [-0.25, -0.2) is 4.98 Å². The summed E-state index contributed by atoms with van der Waals surface area (Å²) in [5.41, 5.74) is 5.68. The van der Waals surface area contributed by atoms with E-state index in [9.17, 15) is 13.2 Å².